The molecule has 1 unspecified atom stereocenters. The molecule has 28 heavy (non-hydrogen) atoms. The van der Waals surface area contributed by atoms with E-state index in [0.29, 0.717) is 5.92 Å². The Morgan fingerprint density at radius 1 is 0.750 bits per heavy atom. The van der Waals surface area contributed by atoms with E-state index in [-0.39, 0.29) is 0 Å². The number of benzene rings is 3. The maximum Gasteiger partial charge on any atom is 0.000536 e. The van der Waals surface area contributed by atoms with Crippen molar-refractivity contribution in [3.05, 3.63) is 116 Å². The molecule has 0 radical (unpaired) electrons. The van der Waals surface area contributed by atoms with Gasteiger partial charge in [-0.1, -0.05) is 91.4 Å². The van der Waals surface area contributed by atoms with Crippen molar-refractivity contribution in [1.29, 1.82) is 0 Å². The molecule has 3 aromatic carbocycles. The minimum absolute atomic E-state index is 0.400. The van der Waals surface area contributed by atoms with Crippen molar-refractivity contribution in [2.45, 2.75) is 20.8 Å². The quantitative estimate of drug-likeness (QED) is 0.447. The standard InChI is InChI=1S/C28H24/c1-18(2)23-13-14-25-24-12-8-7-11-21(24)16-27(25)28(23)26-17-22(15-19(26)3)20-9-5-4-6-10-20/h4-17,19H,1-3H3. The highest BCUT2D eigenvalue weighted by atomic mass is 14.3. The summed E-state index contributed by atoms with van der Waals surface area (Å²) >= 11 is 0. The molecular formula is C28H24. The number of fused-ring (bicyclic) bond motifs is 2. The molecule has 0 aromatic heterocycles. The number of rotatable bonds is 2. The number of hydrogen-bond donors (Lipinski definition) is 0. The molecule has 0 aliphatic heterocycles. The summed E-state index contributed by atoms with van der Waals surface area (Å²) in [5.74, 6) is 0.400. The van der Waals surface area contributed by atoms with Crippen molar-refractivity contribution in [3.8, 4) is 0 Å². The van der Waals surface area contributed by atoms with Crippen LogP contribution in [0.1, 0.15) is 37.5 Å². The van der Waals surface area contributed by atoms with Gasteiger partial charge in [-0.25, -0.2) is 0 Å². The maximum atomic E-state index is 2.40. The van der Waals surface area contributed by atoms with Crippen LogP contribution >= 0.6 is 0 Å². The van der Waals surface area contributed by atoms with E-state index in [4.69, 9.17) is 0 Å². The molecule has 0 amide bonds. The van der Waals surface area contributed by atoms with Crippen LogP contribution < -0.4 is 10.4 Å². The highest BCUT2D eigenvalue weighted by molar-refractivity contribution is 5.93. The van der Waals surface area contributed by atoms with Gasteiger partial charge < -0.3 is 0 Å². The third kappa shape index (κ3) is 2.60. The van der Waals surface area contributed by atoms with Gasteiger partial charge in [0, 0.05) is 5.92 Å². The fourth-order valence-electron chi connectivity index (χ4n) is 4.57. The second-order valence-corrected chi connectivity index (χ2v) is 8.06. The molecule has 0 bridgehead atoms. The van der Waals surface area contributed by atoms with Crippen molar-refractivity contribution < 1.29 is 0 Å². The topological polar surface area (TPSA) is 0 Å². The Kier molecular flexibility index (Phi) is 3.94. The predicted octanol–water partition coefficient (Wildman–Crippen LogP) is 5.42. The molecule has 5 rings (SSSR count). The van der Waals surface area contributed by atoms with Gasteiger partial charge in [0.1, 0.15) is 0 Å². The molecule has 0 saturated carbocycles. The molecule has 136 valence electrons. The van der Waals surface area contributed by atoms with Crippen LogP contribution in [0.2, 0.25) is 0 Å². The summed E-state index contributed by atoms with van der Waals surface area (Å²) < 4.78 is 0. The van der Waals surface area contributed by atoms with E-state index in [1.165, 1.54) is 54.3 Å². The summed E-state index contributed by atoms with van der Waals surface area (Å²) in [5.41, 5.74) is 8.20. The molecule has 0 saturated heterocycles. The predicted molar refractivity (Wildman–Crippen MR) is 120 cm³/mol. The average Bonchev–Trinajstić information content (AvgIpc) is 3.28. The zero-order chi connectivity index (χ0) is 19.3. The van der Waals surface area contributed by atoms with E-state index < -0.39 is 0 Å². The van der Waals surface area contributed by atoms with E-state index in [2.05, 4.69) is 106 Å². The van der Waals surface area contributed by atoms with E-state index in [9.17, 15) is 0 Å². The fourth-order valence-corrected chi connectivity index (χ4v) is 4.57. The van der Waals surface area contributed by atoms with Crippen molar-refractivity contribution in [2.75, 3.05) is 0 Å². The van der Waals surface area contributed by atoms with E-state index in [1.54, 1.807) is 0 Å². The Morgan fingerprint density at radius 2 is 1.50 bits per heavy atom. The Morgan fingerprint density at radius 3 is 2.29 bits per heavy atom. The van der Waals surface area contributed by atoms with Gasteiger partial charge in [-0.15, -0.1) is 0 Å². The lowest BCUT2D eigenvalue weighted by Crippen LogP contribution is -2.14. The molecule has 3 aromatic rings. The van der Waals surface area contributed by atoms with Gasteiger partial charge in [0.15, 0.2) is 0 Å². The summed E-state index contributed by atoms with van der Waals surface area (Å²) in [6, 6.07) is 24.1. The van der Waals surface area contributed by atoms with Crippen LogP contribution in [0.15, 0.2) is 78.9 Å². The molecule has 2 aliphatic carbocycles. The second kappa shape index (κ2) is 6.49. The van der Waals surface area contributed by atoms with Crippen molar-refractivity contribution in [2.24, 2.45) is 5.92 Å². The minimum Gasteiger partial charge on any atom is -0.0694 e. The summed E-state index contributed by atoms with van der Waals surface area (Å²) in [7, 11) is 0. The largest absolute Gasteiger partial charge is 0.0694 e. The van der Waals surface area contributed by atoms with Gasteiger partial charge in [-0.05, 0) is 68.6 Å². The summed E-state index contributed by atoms with van der Waals surface area (Å²) in [4.78, 5) is 0. The Hall–Kier alpha value is -3.12. The van der Waals surface area contributed by atoms with E-state index >= 15 is 0 Å². The number of allylic oxidation sites excluding steroid dienone is 4. The Balaban J connectivity index is 1.80. The molecule has 0 heterocycles. The van der Waals surface area contributed by atoms with Gasteiger partial charge in [-0.2, -0.15) is 0 Å². The normalized spacial score (nSPS) is 16.8. The molecule has 0 heteroatoms. The van der Waals surface area contributed by atoms with Gasteiger partial charge >= 0.3 is 0 Å². The van der Waals surface area contributed by atoms with Crippen LogP contribution in [0.3, 0.4) is 0 Å². The summed E-state index contributed by atoms with van der Waals surface area (Å²) in [6.45, 7) is 6.76. The monoisotopic (exact) mass is 360 g/mol. The molecular weight excluding hydrogens is 336 g/mol. The third-order valence-corrected chi connectivity index (χ3v) is 5.96. The average molecular weight is 361 g/mol. The zero-order valence-corrected chi connectivity index (χ0v) is 16.7. The fraction of sp³-hybridized carbons (Fsp3) is 0.143. The first-order chi connectivity index (χ1) is 13.6. The van der Waals surface area contributed by atoms with Crippen LogP contribution in [0.5, 0.6) is 0 Å². The molecule has 1 atom stereocenters. The maximum absolute atomic E-state index is 2.40. The highest BCUT2D eigenvalue weighted by Crippen LogP contribution is 2.37. The first-order valence-electron chi connectivity index (χ1n) is 10.0. The first kappa shape index (κ1) is 17.0. The Bertz CT molecular complexity index is 1360. The van der Waals surface area contributed by atoms with Crippen molar-refractivity contribution in [1.82, 2.24) is 0 Å². The zero-order valence-electron chi connectivity index (χ0n) is 16.7. The summed E-state index contributed by atoms with van der Waals surface area (Å²) in [6.07, 6.45) is 7.18. The van der Waals surface area contributed by atoms with Crippen LogP contribution in [-0.2, 0) is 0 Å². The van der Waals surface area contributed by atoms with Gasteiger partial charge in [-0.3, -0.25) is 0 Å². The second-order valence-electron chi connectivity index (χ2n) is 8.06. The SMILES string of the molecule is CC(C)=c1ccc2c(c1C1=CC(c3ccccc3)=CC1C)C=c1ccccc1=2. The molecule has 0 spiro atoms. The lowest BCUT2D eigenvalue weighted by Gasteiger charge is -2.14. The summed E-state index contributed by atoms with van der Waals surface area (Å²) in [5, 5.41) is 5.40. The lowest BCUT2D eigenvalue weighted by molar-refractivity contribution is 0.978. The van der Waals surface area contributed by atoms with Gasteiger partial charge in [0.05, 0.1) is 0 Å². The van der Waals surface area contributed by atoms with E-state index in [0.717, 1.165) is 0 Å². The van der Waals surface area contributed by atoms with Gasteiger partial charge in [0.25, 0.3) is 0 Å². The van der Waals surface area contributed by atoms with Crippen LogP contribution in [0.25, 0.3) is 22.8 Å². The number of hydrogen-bond acceptors (Lipinski definition) is 0. The first-order valence-corrected chi connectivity index (χ1v) is 10.0. The Labute approximate surface area is 166 Å². The molecule has 0 nitrogen and oxygen atoms in total. The molecule has 2 aliphatic rings. The van der Waals surface area contributed by atoms with Crippen LogP contribution in [-0.4, -0.2) is 0 Å². The third-order valence-electron chi connectivity index (χ3n) is 5.96. The van der Waals surface area contributed by atoms with Crippen LogP contribution in [0.4, 0.5) is 0 Å². The minimum atomic E-state index is 0.400. The smallest absolute Gasteiger partial charge is 0.000536 e. The van der Waals surface area contributed by atoms with Crippen LogP contribution in [0, 0.1) is 16.4 Å². The molecule has 0 N–H and O–H groups in total. The molecule has 0 fully saturated rings. The lowest BCUT2D eigenvalue weighted by atomic mass is 9.89. The van der Waals surface area contributed by atoms with Gasteiger partial charge in [0.2, 0.25) is 0 Å². The van der Waals surface area contributed by atoms with E-state index in [1.807, 2.05) is 0 Å². The van der Waals surface area contributed by atoms with Crippen molar-refractivity contribution in [3.63, 3.8) is 0 Å². The highest BCUT2D eigenvalue weighted by Gasteiger charge is 2.22. The van der Waals surface area contributed by atoms with Crippen molar-refractivity contribution >= 4 is 22.8 Å².